The van der Waals surface area contributed by atoms with Crippen molar-refractivity contribution < 1.29 is 32.9 Å². The number of aromatic hydroxyl groups is 1. The fourth-order valence-electron chi connectivity index (χ4n) is 2.06. The number of ether oxygens (including phenoxy) is 1. The van der Waals surface area contributed by atoms with Gasteiger partial charge in [0.15, 0.2) is 0 Å². The lowest BCUT2D eigenvalue weighted by Crippen LogP contribution is -2.50. The van der Waals surface area contributed by atoms with Crippen molar-refractivity contribution in [3.8, 4) is 5.75 Å². The van der Waals surface area contributed by atoms with Gasteiger partial charge in [-0.15, -0.1) is 0 Å². The molecule has 0 aliphatic rings. The van der Waals surface area contributed by atoms with Crippen LogP contribution in [0, 0.1) is 0 Å². The number of esters is 1. The average Bonchev–Trinajstić information content (AvgIpc) is 2.82. The molecule has 114 valence electrons. The fraction of sp³-hybridized carbons (Fsp3) is 0.308. The predicted octanol–water partition coefficient (Wildman–Crippen LogP) is 2.19. The van der Waals surface area contributed by atoms with E-state index in [0.717, 1.165) is 12.3 Å². The highest BCUT2D eigenvalue weighted by Crippen LogP contribution is 2.44. The third kappa shape index (κ3) is 2.21. The van der Waals surface area contributed by atoms with E-state index in [0.29, 0.717) is 0 Å². The maximum Gasteiger partial charge on any atom is 0.432 e. The summed E-state index contributed by atoms with van der Waals surface area (Å²) in [6.45, 7) is 0.993. The van der Waals surface area contributed by atoms with Gasteiger partial charge in [0.2, 0.25) is 0 Å². The van der Waals surface area contributed by atoms with Gasteiger partial charge in [0.05, 0.1) is 6.61 Å². The van der Waals surface area contributed by atoms with Gasteiger partial charge in [-0.05, 0) is 19.1 Å². The van der Waals surface area contributed by atoms with Crippen LogP contribution in [0.2, 0.25) is 0 Å². The van der Waals surface area contributed by atoms with Crippen LogP contribution < -0.4 is 0 Å². The summed E-state index contributed by atoms with van der Waals surface area (Å²) in [6, 6.07) is 3.97. The molecule has 0 fully saturated rings. The highest BCUT2D eigenvalue weighted by molar-refractivity contribution is 5.95. The highest BCUT2D eigenvalue weighted by Gasteiger charge is 2.63. The SMILES string of the molecule is CCOC(=O)[C@](O)(c1c[nH]c2cccc(O)c12)C(F)(F)F. The second kappa shape index (κ2) is 4.96. The Kier molecular flexibility index (Phi) is 3.58. The average molecular weight is 303 g/mol. The van der Waals surface area contributed by atoms with Gasteiger partial charge in [-0.1, -0.05) is 6.07 Å². The van der Waals surface area contributed by atoms with Crippen molar-refractivity contribution in [2.75, 3.05) is 6.61 Å². The van der Waals surface area contributed by atoms with Crippen molar-refractivity contribution in [3.05, 3.63) is 30.0 Å². The van der Waals surface area contributed by atoms with E-state index in [1.807, 2.05) is 0 Å². The van der Waals surface area contributed by atoms with Gasteiger partial charge in [0.25, 0.3) is 5.60 Å². The van der Waals surface area contributed by atoms with Gasteiger partial charge in [-0.25, -0.2) is 4.79 Å². The summed E-state index contributed by atoms with van der Waals surface area (Å²) in [7, 11) is 0. The fourth-order valence-corrected chi connectivity index (χ4v) is 2.06. The number of alkyl halides is 3. The Morgan fingerprint density at radius 3 is 2.62 bits per heavy atom. The Hall–Kier alpha value is -2.22. The molecule has 8 heteroatoms. The van der Waals surface area contributed by atoms with E-state index >= 15 is 0 Å². The Bertz CT molecular complexity index is 680. The Labute approximate surface area is 117 Å². The molecule has 5 nitrogen and oxygen atoms in total. The first-order valence-corrected chi connectivity index (χ1v) is 5.99. The number of halogens is 3. The maximum atomic E-state index is 13.3. The first kappa shape index (κ1) is 15.2. The quantitative estimate of drug-likeness (QED) is 0.759. The number of fused-ring (bicyclic) bond motifs is 1. The predicted molar refractivity (Wildman–Crippen MR) is 66.5 cm³/mol. The van der Waals surface area contributed by atoms with Crippen molar-refractivity contribution in [2.45, 2.75) is 18.7 Å². The third-order valence-electron chi connectivity index (χ3n) is 3.05. The molecule has 0 saturated heterocycles. The van der Waals surface area contributed by atoms with E-state index in [9.17, 15) is 28.2 Å². The van der Waals surface area contributed by atoms with E-state index in [-0.39, 0.29) is 17.5 Å². The molecule has 0 amide bonds. The second-order valence-corrected chi connectivity index (χ2v) is 4.33. The Balaban J connectivity index is 2.74. The summed E-state index contributed by atoms with van der Waals surface area (Å²) < 4.78 is 44.1. The van der Waals surface area contributed by atoms with Gasteiger partial charge >= 0.3 is 12.1 Å². The van der Waals surface area contributed by atoms with E-state index in [1.54, 1.807) is 0 Å². The molecule has 0 spiro atoms. The lowest BCUT2D eigenvalue weighted by Gasteiger charge is -2.27. The summed E-state index contributed by atoms with van der Waals surface area (Å²) in [4.78, 5) is 14.2. The highest BCUT2D eigenvalue weighted by atomic mass is 19.4. The lowest BCUT2D eigenvalue weighted by molar-refractivity contribution is -0.267. The van der Waals surface area contributed by atoms with Crippen molar-refractivity contribution in [3.63, 3.8) is 0 Å². The number of phenolic OH excluding ortho intramolecular Hbond substituents is 1. The zero-order valence-electron chi connectivity index (χ0n) is 10.9. The summed E-state index contributed by atoms with van der Waals surface area (Å²) in [5.74, 6) is -2.34. The molecule has 0 radical (unpaired) electrons. The van der Waals surface area contributed by atoms with Crippen LogP contribution in [0.1, 0.15) is 12.5 Å². The molecule has 0 bridgehead atoms. The molecule has 0 aliphatic carbocycles. The first-order chi connectivity index (χ1) is 9.73. The second-order valence-electron chi connectivity index (χ2n) is 4.33. The molecule has 2 rings (SSSR count). The van der Waals surface area contributed by atoms with Gasteiger partial charge in [-0.2, -0.15) is 13.2 Å². The standard InChI is InChI=1S/C13H12F3NO4/c1-2-21-11(19)12(20,13(14,15)16)7-6-17-8-4-3-5-9(18)10(7)8/h3-6,17-18,20H,2H2,1H3/t12-/m1/s1. The minimum absolute atomic E-state index is 0.150. The molecule has 0 unspecified atom stereocenters. The van der Waals surface area contributed by atoms with Crippen LogP contribution in [0.4, 0.5) is 13.2 Å². The number of phenols is 1. The van der Waals surface area contributed by atoms with E-state index in [2.05, 4.69) is 9.72 Å². The number of aromatic nitrogens is 1. The smallest absolute Gasteiger partial charge is 0.432 e. The minimum atomic E-state index is -5.31. The lowest BCUT2D eigenvalue weighted by atomic mass is 9.92. The maximum absolute atomic E-state index is 13.3. The number of carbonyl (C=O) groups is 1. The van der Waals surface area contributed by atoms with Gasteiger partial charge in [0, 0.05) is 22.7 Å². The van der Waals surface area contributed by atoms with E-state index in [4.69, 9.17) is 0 Å². The van der Waals surface area contributed by atoms with Gasteiger partial charge < -0.3 is 19.9 Å². The Morgan fingerprint density at radius 2 is 2.05 bits per heavy atom. The summed E-state index contributed by atoms with van der Waals surface area (Å²) in [5, 5.41) is 19.4. The van der Waals surface area contributed by atoms with Crippen LogP contribution in [0.3, 0.4) is 0 Å². The van der Waals surface area contributed by atoms with Crippen LogP contribution in [-0.2, 0) is 15.1 Å². The monoisotopic (exact) mass is 303 g/mol. The van der Waals surface area contributed by atoms with Crippen LogP contribution in [0.15, 0.2) is 24.4 Å². The molecular weight excluding hydrogens is 291 g/mol. The first-order valence-electron chi connectivity index (χ1n) is 5.99. The molecule has 1 heterocycles. The van der Waals surface area contributed by atoms with E-state index in [1.165, 1.54) is 19.1 Å². The normalized spacial score (nSPS) is 14.9. The molecule has 2 aromatic rings. The van der Waals surface area contributed by atoms with Crippen molar-refractivity contribution in [1.29, 1.82) is 0 Å². The van der Waals surface area contributed by atoms with Crippen molar-refractivity contribution in [2.24, 2.45) is 0 Å². The largest absolute Gasteiger partial charge is 0.507 e. The third-order valence-corrected chi connectivity index (χ3v) is 3.05. The molecule has 1 aromatic heterocycles. The molecule has 0 saturated carbocycles. The number of aliphatic hydroxyl groups is 1. The number of aromatic amines is 1. The Morgan fingerprint density at radius 1 is 1.38 bits per heavy atom. The number of hydrogen-bond donors (Lipinski definition) is 3. The summed E-state index contributed by atoms with van der Waals surface area (Å²) in [6.07, 6.45) is -4.48. The summed E-state index contributed by atoms with van der Waals surface area (Å²) >= 11 is 0. The number of benzene rings is 1. The van der Waals surface area contributed by atoms with Crippen LogP contribution in [0.25, 0.3) is 10.9 Å². The van der Waals surface area contributed by atoms with Crippen LogP contribution >= 0.6 is 0 Å². The number of H-pyrrole nitrogens is 1. The van der Waals surface area contributed by atoms with E-state index < -0.39 is 29.1 Å². The minimum Gasteiger partial charge on any atom is -0.507 e. The number of rotatable bonds is 3. The molecular formula is C13H12F3NO4. The molecule has 0 aliphatic heterocycles. The van der Waals surface area contributed by atoms with Crippen LogP contribution in [0.5, 0.6) is 5.75 Å². The van der Waals surface area contributed by atoms with Gasteiger partial charge in [0.1, 0.15) is 5.75 Å². The zero-order chi connectivity index (χ0) is 15.8. The number of nitrogens with one attached hydrogen (secondary N) is 1. The van der Waals surface area contributed by atoms with Crippen LogP contribution in [-0.4, -0.2) is 33.9 Å². The van der Waals surface area contributed by atoms with Crippen molar-refractivity contribution >= 4 is 16.9 Å². The molecule has 1 atom stereocenters. The number of carbonyl (C=O) groups excluding carboxylic acids is 1. The number of hydrogen-bond acceptors (Lipinski definition) is 4. The summed E-state index contributed by atoms with van der Waals surface area (Å²) in [5.41, 5.74) is -4.52. The van der Waals surface area contributed by atoms with Crippen molar-refractivity contribution in [1.82, 2.24) is 4.98 Å². The molecule has 3 N–H and O–H groups in total. The molecule has 21 heavy (non-hydrogen) atoms. The van der Waals surface area contributed by atoms with Gasteiger partial charge in [-0.3, -0.25) is 0 Å². The topological polar surface area (TPSA) is 82.5 Å². The zero-order valence-corrected chi connectivity index (χ0v) is 10.9. The molecule has 1 aromatic carbocycles.